The summed E-state index contributed by atoms with van der Waals surface area (Å²) in [6, 6.07) is 9.50. The molecule has 0 saturated heterocycles. The second kappa shape index (κ2) is 5.81. The van der Waals surface area contributed by atoms with E-state index in [1.54, 1.807) is 7.05 Å². The van der Waals surface area contributed by atoms with Gasteiger partial charge in [-0.05, 0) is 11.6 Å². The van der Waals surface area contributed by atoms with Crippen LogP contribution in [-0.4, -0.2) is 21.8 Å². The molecular weight excluding hydrogens is 282 g/mol. The summed E-state index contributed by atoms with van der Waals surface area (Å²) in [5, 5.41) is 3.26. The first-order valence-corrected chi connectivity index (χ1v) is 7.27. The second-order valence-corrected chi connectivity index (χ2v) is 5.56. The Bertz CT molecular complexity index is 782. The molecule has 1 aromatic heterocycles. The summed E-state index contributed by atoms with van der Waals surface area (Å²) < 4.78 is 8.43. The lowest BCUT2D eigenvalue weighted by molar-refractivity contribution is 0.227. The van der Waals surface area contributed by atoms with Gasteiger partial charge in [-0.1, -0.05) is 18.2 Å². The number of aromatic nitrogens is 2. The van der Waals surface area contributed by atoms with Crippen molar-refractivity contribution < 1.29 is 4.74 Å². The third-order valence-electron chi connectivity index (χ3n) is 4.02. The summed E-state index contributed by atoms with van der Waals surface area (Å²) in [7, 11) is 3.15. The van der Waals surface area contributed by atoms with Gasteiger partial charge in [0, 0.05) is 45.4 Å². The van der Waals surface area contributed by atoms with Crippen molar-refractivity contribution in [2.45, 2.75) is 19.1 Å². The van der Waals surface area contributed by atoms with Crippen molar-refractivity contribution in [2.24, 2.45) is 14.1 Å². The molecule has 1 aliphatic heterocycles. The van der Waals surface area contributed by atoms with Crippen molar-refractivity contribution in [1.29, 1.82) is 0 Å². The number of hydrogen-bond donors (Lipinski definition) is 1. The highest BCUT2D eigenvalue weighted by Crippen LogP contribution is 2.27. The Morgan fingerprint density at radius 2 is 2.00 bits per heavy atom. The smallest absolute Gasteiger partial charge is 0.330 e. The molecule has 0 bridgehead atoms. The van der Waals surface area contributed by atoms with Gasteiger partial charge in [0.2, 0.25) is 0 Å². The Hall–Kier alpha value is -2.34. The minimum absolute atomic E-state index is 0.0842. The van der Waals surface area contributed by atoms with Crippen LogP contribution in [-0.2, 0) is 27.1 Å². The Kier molecular flexibility index (Phi) is 3.85. The van der Waals surface area contributed by atoms with Gasteiger partial charge in [-0.25, -0.2) is 4.79 Å². The number of hydrogen-bond acceptors (Lipinski definition) is 4. The standard InChI is InChI=1S/C16H19N3O3/c1-18-12(8-15(20)19(2)16(18)21)9-17-10-13-7-11-5-3-4-6-14(11)22-13/h3-6,8,13,17H,7,9-10H2,1-2H3/t13-/m0/s1. The van der Waals surface area contributed by atoms with E-state index in [0.29, 0.717) is 18.8 Å². The zero-order chi connectivity index (χ0) is 15.7. The quantitative estimate of drug-likeness (QED) is 0.875. The fourth-order valence-electron chi connectivity index (χ4n) is 2.68. The van der Waals surface area contributed by atoms with Crippen LogP contribution in [0.15, 0.2) is 39.9 Å². The molecule has 1 atom stereocenters. The second-order valence-electron chi connectivity index (χ2n) is 5.56. The molecule has 2 aromatic rings. The van der Waals surface area contributed by atoms with Crippen LogP contribution in [0.5, 0.6) is 5.75 Å². The zero-order valence-corrected chi connectivity index (χ0v) is 12.7. The van der Waals surface area contributed by atoms with Gasteiger partial charge < -0.3 is 10.1 Å². The summed E-state index contributed by atoms with van der Waals surface area (Å²) in [5.74, 6) is 0.940. The van der Waals surface area contributed by atoms with Crippen LogP contribution in [0.25, 0.3) is 0 Å². The molecule has 22 heavy (non-hydrogen) atoms. The van der Waals surface area contributed by atoms with Crippen molar-refractivity contribution in [2.75, 3.05) is 6.54 Å². The van der Waals surface area contributed by atoms with E-state index < -0.39 is 0 Å². The fraction of sp³-hybridized carbons (Fsp3) is 0.375. The van der Waals surface area contributed by atoms with E-state index in [2.05, 4.69) is 11.4 Å². The lowest BCUT2D eigenvalue weighted by Crippen LogP contribution is -2.39. The summed E-state index contributed by atoms with van der Waals surface area (Å²) >= 11 is 0. The van der Waals surface area contributed by atoms with E-state index in [4.69, 9.17) is 4.74 Å². The third-order valence-corrected chi connectivity index (χ3v) is 4.02. The minimum Gasteiger partial charge on any atom is -0.488 e. The van der Waals surface area contributed by atoms with Crippen molar-refractivity contribution in [1.82, 2.24) is 14.5 Å². The molecule has 6 nitrogen and oxygen atoms in total. The first-order valence-electron chi connectivity index (χ1n) is 7.27. The molecule has 1 aliphatic rings. The van der Waals surface area contributed by atoms with Crippen molar-refractivity contribution in [3.8, 4) is 5.75 Å². The van der Waals surface area contributed by atoms with Crippen LogP contribution in [0.2, 0.25) is 0 Å². The molecule has 0 amide bonds. The molecule has 1 N–H and O–H groups in total. The van der Waals surface area contributed by atoms with Crippen LogP contribution >= 0.6 is 0 Å². The number of benzene rings is 1. The topological polar surface area (TPSA) is 65.3 Å². The maximum absolute atomic E-state index is 11.9. The molecule has 3 rings (SSSR count). The van der Waals surface area contributed by atoms with E-state index in [1.807, 2.05) is 18.2 Å². The van der Waals surface area contributed by atoms with Crippen LogP contribution in [0.4, 0.5) is 0 Å². The number of nitrogens with one attached hydrogen (secondary N) is 1. The molecular formula is C16H19N3O3. The Balaban J connectivity index is 1.61. The van der Waals surface area contributed by atoms with Crippen molar-refractivity contribution in [3.05, 3.63) is 62.4 Å². The molecule has 0 unspecified atom stereocenters. The molecule has 0 saturated carbocycles. The van der Waals surface area contributed by atoms with Gasteiger partial charge in [0.25, 0.3) is 5.56 Å². The van der Waals surface area contributed by atoms with Gasteiger partial charge in [-0.3, -0.25) is 13.9 Å². The van der Waals surface area contributed by atoms with Crippen LogP contribution in [0.1, 0.15) is 11.3 Å². The van der Waals surface area contributed by atoms with Crippen LogP contribution in [0, 0.1) is 0 Å². The van der Waals surface area contributed by atoms with Gasteiger partial charge in [-0.2, -0.15) is 0 Å². The zero-order valence-electron chi connectivity index (χ0n) is 12.7. The number of fused-ring (bicyclic) bond motifs is 1. The lowest BCUT2D eigenvalue weighted by Gasteiger charge is -2.13. The molecule has 0 spiro atoms. The SMILES string of the molecule is Cn1c(CNC[C@@H]2Cc3ccccc3O2)cc(=O)n(C)c1=O. The third kappa shape index (κ3) is 2.69. The van der Waals surface area contributed by atoms with E-state index in [-0.39, 0.29) is 17.4 Å². The largest absolute Gasteiger partial charge is 0.488 e. The predicted molar refractivity (Wildman–Crippen MR) is 83.2 cm³/mol. The normalized spacial score (nSPS) is 16.4. The van der Waals surface area contributed by atoms with Gasteiger partial charge in [0.1, 0.15) is 11.9 Å². The minimum atomic E-state index is -0.311. The molecule has 116 valence electrons. The van der Waals surface area contributed by atoms with Gasteiger partial charge in [0.05, 0.1) is 0 Å². The summed E-state index contributed by atoms with van der Waals surface area (Å²) in [4.78, 5) is 23.5. The fourth-order valence-corrected chi connectivity index (χ4v) is 2.68. The maximum Gasteiger partial charge on any atom is 0.330 e. The molecule has 6 heteroatoms. The molecule has 0 aliphatic carbocycles. The average molecular weight is 301 g/mol. The number of nitrogens with zero attached hydrogens (tertiary/aromatic N) is 2. The Morgan fingerprint density at radius 1 is 1.23 bits per heavy atom. The number of ether oxygens (including phenoxy) is 1. The van der Waals surface area contributed by atoms with Crippen LogP contribution in [0.3, 0.4) is 0 Å². The first-order chi connectivity index (χ1) is 10.6. The van der Waals surface area contributed by atoms with Crippen molar-refractivity contribution in [3.63, 3.8) is 0 Å². The molecule has 0 fully saturated rings. The van der Waals surface area contributed by atoms with Gasteiger partial charge >= 0.3 is 5.69 Å². The summed E-state index contributed by atoms with van der Waals surface area (Å²) in [6.45, 7) is 1.12. The maximum atomic E-state index is 11.9. The van der Waals surface area contributed by atoms with E-state index >= 15 is 0 Å². The highest BCUT2D eigenvalue weighted by Gasteiger charge is 2.21. The number of rotatable bonds is 4. The average Bonchev–Trinajstić information content (AvgIpc) is 2.93. The number of para-hydroxylation sites is 1. The van der Waals surface area contributed by atoms with E-state index in [0.717, 1.165) is 16.7 Å². The van der Waals surface area contributed by atoms with Crippen LogP contribution < -0.4 is 21.3 Å². The summed E-state index contributed by atoms with van der Waals surface area (Å²) in [5.41, 5.74) is 1.29. The monoisotopic (exact) mass is 301 g/mol. The van der Waals surface area contributed by atoms with E-state index in [9.17, 15) is 9.59 Å². The lowest BCUT2D eigenvalue weighted by atomic mass is 10.1. The first kappa shape index (κ1) is 14.6. The van der Waals surface area contributed by atoms with Crippen molar-refractivity contribution >= 4 is 0 Å². The van der Waals surface area contributed by atoms with Gasteiger partial charge in [0.15, 0.2) is 0 Å². The predicted octanol–water partition coefficient (Wildman–Crippen LogP) is 0.177. The molecule has 2 heterocycles. The Morgan fingerprint density at radius 3 is 2.77 bits per heavy atom. The highest BCUT2D eigenvalue weighted by atomic mass is 16.5. The van der Waals surface area contributed by atoms with E-state index in [1.165, 1.54) is 23.2 Å². The highest BCUT2D eigenvalue weighted by molar-refractivity contribution is 5.37. The Labute approximate surface area is 128 Å². The molecule has 0 radical (unpaired) electrons. The van der Waals surface area contributed by atoms with Gasteiger partial charge in [-0.15, -0.1) is 0 Å². The summed E-state index contributed by atoms with van der Waals surface area (Å²) in [6.07, 6.45) is 0.958. The molecule has 1 aromatic carbocycles.